The number of benzene rings is 2. The first kappa shape index (κ1) is 32.7. The Morgan fingerprint density at radius 2 is 1.19 bits per heavy atom. The van der Waals surface area contributed by atoms with Gasteiger partial charge in [0.15, 0.2) is 0 Å². The van der Waals surface area contributed by atoms with E-state index < -0.39 is 41.7 Å². The molecule has 4 aliphatic rings. The number of nitrogens with two attached hydrogens (primary N) is 1. The highest BCUT2D eigenvalue weighted by molar-refractivity contribution is 9.10. The lowest BCUT2D eigenvalue weighted by molar-refractivity contribution is -0.137. The number of fused-ring (bicyclic) bond motifs is 2. The Kier molecular flexibility index (Phi) is 10.5. The van der Waals surface area contributed by atoms with E-state index in [1.807, 2.05) is 0 Å². The lowest BCUT2D eigenvalue weighted by Crippen LogP contribution is -2.54. The van der Waals surface area contributed by atoms with E-state index in [9.17, 15) is 38.4 Å². The van der Waals surface area contributed by atoms with Gasteiger partial charge in [0.25, 0.3) is 11.8 Å². The molecule has 2 saturated heterocycles. The van der Waals surface area contributed by atoms with Gasteiger partial charge in [-0.3, -0.25) is 44.3 Å². The van der Waals surface area contributed by atoms with Crippen molar-refractivity contribution in [1.82, 2.24) is 15.5 Å². The highest BCUT2D eigenvalue weighted by Gasteiger charge is 2.44. The van der Waals surface area contributed by atoms with Crippen molar-refractivity contribution in [3.05, 3.63) is 67.6 Å². The van der Waals surface area contributed by atoms with E-state index >= 15 is 0 Å². The molecule has 2 unspecified atom stereocenters. The van der Waals surface area contributed by atoms with Crippen molar-refractivity contribution in [3.63, 3.8) is 0 Å². The number of nitrogens with zero attached hydrogens (tertiary/aromatic N) is 1. The van der Waals surface area contributed by atoms with E-state index in [-0.39, 0.29) is 54.1 Å². The molecule has 0 saturated carbocycles. The van der Waals surface area contributed by atoms with Crippen LogP contribution in [0.2, 0.25) is 0 Å². The third-order valence-electron chi connectivity index (χ3n) is 6.29. The van der Waals surface area contributed by atoms with Gasteiger partial charge in [-0.05, 0) is 49.2 Å². The molecule has 13 nitrogen and oxygen atoms in total. The molecule has 2 aromatic carbocycles. The van der Waals surface area contributed by atoms with Crippen molar-refractivity contribution in [2.24, 2.45) is 5.73 Å². The molecule has 0 bridgehead atoms. The number of carbonyl (C=O) groups is 8. The number of hydrogen-bond acceptors (Lipinski definition) is 10. The molecular formula is C26H21Br2ClN4O9. The number of nitrogens with one attached hydrogen (secondary N) is 2. The van der Waals surface area contributed by atoms with E-state index in [0.717, 1.165) is 9.37 Å². The first-order valence-corrected chi connectivity index (χ1v) is 13.6. The fraction of sp³-hybridized carbons (Fsp3) is 0.231. The van der Waals surface area contributed by atoms with Crippen molar-refractivity contribution in [3.8, 4) is 0 Å². The van der Waals surface area contributed by atoms with E-state index in [1.165, 1.54) is 0 Å². The Bertz CT molecular complexity index is 1550. The second kappa shape index (κ2) is 13.5. The number of cyclic esters (lactones) is 2. The molecule has 4 N–H and O–H groups in total. The molecule has 0 radical (unpaired) electrons. The zero-order valence-electron chi connectivity index (χ0n) is 21.3. The fourth-order valence-electron chi connectivity index (χ4n) is 4.21. The summed E-state index contributed by atoms with van der Waals surface area (Å²) < 4.78 is 5.83. The summed E-state index contributed by atoms with van der Waals surface area (Å²) in [6.45, 7) is 0. The number of hydrogen-bond donors (Lipinski definition) is 3. The van der Waals surface area contributed by atoms with Gasteiger partial charge in [0, 0.05) is 21.8 Å². The molecule has 0 aromatic heterocycles. The Hall–Kier alpha value is -3.79. The molecule has 2 fully saturated rings. The highest BCUT2D eigenvalue weighted by Crippen LogP contribution is 2.29. The Balaban J connectivity index is 0.000000188. The minimum Gasteiger partial charge on any atom is -0.386 e. The SMILES string of the molecule is Cl.NC1CCC(=O)NC1=O.O=C1CCC(N2C(=O)c3ccc(Br)cc3C2=O)C(=O)N1.O=C1OC(=O)c2cc(Br)ccc21. The molecule has 6 rings (SSSR count). The van der Waals surface area contributed by atoms with Crippen LogP contribution in [0.3, 0.4) is 0 Å². The Morgan fingerprint density at radius 1 is 0.690 bits per heavy atom. The van der Waals surface area contributed by atoms with Gasteiger partial charge in [0.1, 0.15) is 6.04 Å². The van der Waals surface area contributed by atoms with Gasteiger partial charge in [-0.15, -0.1) is 12.4 Å². The van der Waals surface area contributed by atoms with Gasteiger partial charge < -0.3 is 10.5 Å². The van der Waals surface area contributed by atoms with Gasteiger partial charge in [-0.2, -0.15) is 0 Å². The topological polar surface area (TPSA) is 199 Å². The molecule has 0 aliphatic carbocycles. The van der Waals surface area contributed by atoms with Crippen molar-refractivity contribution >= 4 is 91.6 Å². The number of amides is 6. The van der Waals surface area contributed by atoms with Crippen molar-refractivity contribution in [2.75, 3.05) is 0 Å². The number of esters is 2. The van der Waals surface area contributed by atoms with Crippen LogP contribution in [0, 0.1) is 0 Å². The molecule has 4 heterocycles. The van der Waals surface area contributed by atoms with Gasteiger partial charge in [0.05, 0.1) is 28.3 Å². The number of imide groups is 3. The highest BCUT2D eigenvalue weighted by atomic mass is 79.9. The average molecular weight is 729 g/mol. The third-order valence-corrected chi connectivity index (χ3v) is 7.28. The number of piperidine rings is 2. The lowest BCUT2D eigenvalue weighted by atomic mass is 10.0. The maximum absolute atomic E-state index is 12.3. The second-order valence-corrected chi connectivity index (χ2v) is 10.9. The van der Waals surface area contributed by atoms with Crippen LogP contribution in [0.4, 0.5) is 0 Å². The molecule has 6 amide bonds. The van der Waals surface area contributed by atoms with Gasteiger partial charge in [-0.1, -0.05) is 31.9 Å². The van der Waals surface area contributed by atoms with Crippen molar-refractivity contribution in [2.45, 2.75) is 37.8 Å². The first-order valence-electron chi connectivity index (χ1n) is 12.0. The summed E-state index contributed by atoms with van der Waals surface area (Å²) in [6, 6.07) is 8.19. The van der Waals surface area contributed by atoms with Gasteiger partial charge in [0.2, 0.25) is 23.6 Å². The van der Waals surface area contributed by atoms with E-state index in [1.54, 1.807) is 36.4 Å². The van der Waals surface area contributed by atoms with Crippen LogP contribution in [0.25, 0.3) is 0 Å². The smallest absolute Gasteiger partial charge is 0.346 e. The van der Waals surface area contributed by atoms with Crippen LogP contribution in [-0.2, 0) is 23.9 Å². The molecule has 42 heavy (non-hydrogen) atoms. The zero-order chi connectivity index (χ0) is 30.0. The van der Waals surface area contributed by atoms with Gasteiger partial charge in [-0.25, -0.2) is 9.59 Å². The largest absolute Gasteiger partial charge is 0.386 e. The molecular weight excluding hydrogens is 708 g/mol. The van der Waals surface area contributed by atoms with Crippen LogP contribution in [0.1, 0.15) is 67.1 Å². The Morgan fingerprint density at radius 3 is 1.76 bits per heavy atom. The van der Waals surface area contributed by atoms with Crippen molar-refractivity contribution < 1.29 is 43.1 Å². The summed E-state index contributed by atoms with van der Waals surface area (Å²) in [5, 5.41) is 4.28. The molecule has 16 heteroatoms. The summed E-state index contributed by atoms with van der Waals surface area (Å²) in [5.74, 6) is -3.69. The third kappa shape index (κ3) is 6.98. The average Bonchev–Trinajstić information content (AvgIpc) is 3.33. The number of carbonyl (C=O) groups excluding carboxylic acids is 8. The summed E-state index contributed by atoms with van der Waals surface area (Å²) >= 11 is 6.44. The maximum Gasteiger partial charge on any atom is 0.346 e. The van der Waals surface area contributed by atoms with Crippen molar-refractivity contribution in [1.29, 1.82) is 0 Å². The van der Waals surface area contributed by atoms with Crippen LogP contribution in [0.5, 0.6) is 0 Å². The summed E-state index contributed by atoms with van der Waals surface area (Å²) in [7, 11) is 0. The minimum atomic E-state index is -0.918. The number of ether oxygens (including phenoxy) is 1. The second-order valence-electron chi connectivity index (χ2n) is 9.06. The van der Waals surface area contributed by atoms with E-state index in [0.29, 0.717) is 28.4 Å². The summed E-state index contributed by atoms with van der Waals surface area (Å²) in [6.07, 6.45) is 1.13. The van der Waals surface area contributed by atoms with E-state index in [4.69, 9.17) is 5.73 Å². The standard InChI is InChI=1S/C13H9BrN2O4.C8H3BrO3.C5H8N2O2.ClH/c14-6-1-2-7-8(5-6)13(20)16(12(7)19)9-3-4-10(17)15-11(9)18;9-4-1-2-5-6(3-4)8(11)12-7(5)10;6-3-1-2-4(8)7-5(3)9;/h1-2,5,9H,3-4H2,(H,15,17,18);1-3H;3H,1-2,6H2,(H,7,8,9);1H. The predicted molar refractivity (Wildman–Crippen MR) is 152 cm³/mol. The molecule has 4 aliphatic heterocycles. The normalized spacial score (nSPS) is 20.6. The minimum absolute atomic E-state index is 0. The molecule has 2 atom stereocenters. The maximum atomic E-state index is 12.3. The molecule has 220 valence electrons. The summed E-state index contributed by atoms with van der Waals surface area (Å²) in [4.78, 5) is 91.3. The van der Waals surface area contributed by atoms with Crippen LogP contribution < -0.4 is 16.4 Å². The number of halogens is 3. The van der Waals surface area contributed by atoms with Gasteiger partial charge >= 0.3 is 11.9 Å². The lowest BCUT2D eigenvalue weighted by Gasteiger charge is -2.27. The quantitative estimate of drug-likeness (QED) is 0.221. The van der Waals surface area contributed by atoms with Crippen LogP contribution in [-0.4, -0.2) is 64.4 Å². The fourth-order valence-corrected chi connectivity index (χ4v) is 4.93. The summed E-state index contributed by atoms with van der Waals surface area (Å²) in [5.41, 5.74) is 6.49. The zero-order valence-corrected chi connectivity index (χ0v) is 25.3. The molecule has 0 spiro atoms. The molecule has 2 aromatic rings. The van der Waals surface area contributed by atoms with E-state index in [2.05, 4.69) is 47.2 Å². The number of rotatable bonds is 1. The first-order chi connectivity index (χ1) is 19.4. The van der Waals surface area contributed by atoms with Crippen LogP contribution in [0.15, 0.2) is 45.3 Å². The monoisotopic (exact) mass is 726 g/mol. The van der Waals surface area contributed by atoms with Crippen LogP contribution >= 0.6 is 44.3 Å². The predicted octanol–water partition coefficient (Wildman–Crippen LogP) is 1.78. The Labute approximate surface area is 260 Å².